The van der Waals surface area contributed by atoms with Crippen molar-refractivity contribution in [3.05, 3.63) is 12.2 Å². The van der Waals surface area contributed by atoms with Gasteiger partial charge in [0, 0.05) is 12.6 Å². The first-order valence-electron chi connectivity index (χ1n) is 6.05. The Labute approximate surface area is 106 Å². The third-order valence-corrected chi connectivity index (χ3v) is 2.98. The monoisotopic (exact) mass is 271 g/mol. The lowest BCUT2D eigenvalue weighted by Gasteiger charge is -2.10. The zero-order valence-corrected chi connectivity index (χ0v) is 10.2. The van der Waals surface area contributed by atoms with Gasteiger partial charge in [0.15, 0.2) is 11.5 Å². The van der Waals surface area contributed by atoms with Gasteiger partial charge in [-0.05, 0) is 19.8 Å². The van der Waals surface area contributed by atoms with Gasteiger partial charge in [0.25, 0.3) is 0 Å². The summed E-state index contributed by atoms with van der Waals surface area (Å²) >= 11 is 0. The number of imidazole rings is 1. The van der Waals surface area contributed by atoms with Gasteiger partial charge in [0.2, 0.25) is 5.82 Å². The van der Waals surface area contributed by atoms with E-state index >= 15 is 0 Å². The summed E-state index contributed by atoms with van der Waals surface area (Å²) in [5.41, 5.74) is 0.606. The van der Waals surface area contributed by atoms with Crippen molar-refractivity contribution in [3.8, 4) is 0 Å². The second kappa shape index (κ2) is 4.07. The molecule has 2 aromatic heterocycles. The molecule has 8 heteroatoms. The summed E-state index contributed by atoms with van der Waals surface area (Å²) < 4.78 is 40.0. The molecule has 1 fully saturated rings. The fourth-order valence-electron chi connectivity index (χ4n) is 1.82. The summed E-state index contributed by atoms with van der Waals surface area (Å²) in [6.45, 7) is 2.33. The predicted octanol–water partition coefficient (Wildman–Crippen LogP) is 2.44. The molecule has 102 valence electrons. The second-order valence-corrected chi connectivity index (χ2v) is 4.51. The Morgan fingerprint density at radius 3 is 2.68 bits per heavy atom. The SMILES string of the molecule is CCn1cnc2c(NC3CC3)nc(C(F)(F)F)nc21. The highest BCUT2D eigenvalue weighted by molar-refractivity contribution is 5.83. The van der Waals surface area contributed by atoms with Crippen molar-refractivity contribution in [2.75, 3.05) is 5.32 Å². The van der Waals surface area contributed by atoms with Crippen LogP contribution >= 0.6 is 0 Å². The number of halogens is 3. The van der Waals surface area contributed by atoms with Gasteiger partial charge in [0.05, 0.1) is 6.33 Å². The molecule has 0 atom stereocenters. The molecule has 0 bridgehead atoms. The molecule has 0 spiro atoms. The molecule has 0 saturated heterocycles. The Hall–Kier alpha value is -1.86. The van der Waals surface area contributed by atoms with Crippen LogP contribution in [0.4, 0.5) is 19.0 Å². The number of hydrogen-bond acceptors (Lipinski definition) is 4. The Bertz CT molecular complexity index is 615. The zero-order chi connectivity index (χ0) is 13.6. The minimum atomic E-state index is -4.56. The minimum Gasteiger partial charge on any atom is -0.365 e. The van der Waals surface area contributed by atoms with E-state index in [2.05, 4.69) is 20.3 Å². The largest absolute Gasteiger partial charge is 0.451 e. The maximum Gasteiger partial charge on any atom is 0.451 e. The molecule has 0 aromatic carbocycles. The average molecular weight is 271 g/mol. The number of aryl methyl sites for hydroxylation is 1. The number of nitrogens with zero attached hydrogens (tertiary/aromatic N) is 4. The van der Waals surface area contributed by atoms with Crippen LogP contribution in [0.5, 0.6) is 0 Å². The van der Waals surface area contributed by atoms with E-state index in [-0.39, 0.29) is 17.5 Å². The van der Waals surface area contributed by atoms with E-state index in [4.69, 9.17) is 0 Å². The van der Waals surface area contributed by atoms with Gasteiger partial charge in [-0.15, -0.1) is 0 Å². The number of aromatic nitrogens is 4. The van der Waals surface area contributed by atoms with Gasteiger partial charge in [-0.2, -0.15) is 13.2 Å². The molecule has 1 N–H and O–H groups in total. The first-order chi connectivity index (χ1) is 8.99. The molecule has 3 rings (SSSR count). The van der Waals surface area contributed by atoms with Crippen molar-refractivity contribution in [2.24, 2.45) is 0 Å². The number of anilines is 1. The van der Waals surface area contributed by atoms with Crippen LogP contribution < -0.4 is 5.32 Å². The van der Waals surface area contributed by atoms with Crippen molar-refractivity contribution >= 4 is 17.0 Å². The molecule has 2 heterocycles. The molecule has 5 nitrogen and oxygen atoms in total. The average Bonchev–Trinajstić information content (AvgIpc) is 3.05. The summed E-state index contributed by atoms with van der Waals surface area (Å²) in [4.78, 5) is 11.3. The Balaban J connectivity index is 2.17. The Kier molecular flexibility index (Phi) is 2.61. The fraction of sp³-hybridized carbons (Fsp3) is 0.545. The first-order valence-corrected chi connectivity index (χ1v) is 6.05. The van der Waals surface area contributed by atoms with Gasteiger partial charge >= 0.3 is 6.18 Å². The van der Waals surface area contributed by atoms with Crippen LogP contribution in [0.25, 0.3) is 11.2 Å². The molecule has 1 aliphatic carbocycles. The third-order valence-electron chi connectivity index (χ3n) is 2.98. The molecule has 0 radical (unpaired) electrons. The molecule has 2 aromatic rings. The second-order valence-electron chi connectivity index (χ2n) is 4.51. The fourth-order valence-corrected chi connectivity index (χ4v) is 1.82. The van der Waals surface area contributed by atoms with Gasteiger partial charge in [-0.1, -0.05) is 0 Å². The minimum absolute atomic E-state index is 0.173. The quantitative estimate of drug-likeness (QED) is 0.931. The predicted molar refractivity (Wildman–Crippen MR) is 62.6 cm³/mol. The maximum atomic E-state index is 12.8. The van der Waals surface area contributed by atoms with Crippen LogP contribution in [-0.4, -0.2) is 25.6 Å². The number of nitrogens with one attached hydrogen (secondary N) is 1. The van der Waals surface area contributed by atoms with Crippen LogP contribution in [0.1, 0.15) is 25.6 Å². The van der Waals surface area contributed by atoms with Gasteiger partial charge in [0.1, 0.15) is 5.52 Å². The topological polar surface area (TPSA) is 55.6 Å². The smallest absolute Gasteiger partial charge is 0.365 e. The van der Waals surface area contributed by atoms with Gasteiger partial charge in [-0.25, -0.2) is 15.0 Å². The van der Waals surface area contributed by atoms with Crippen molar-refractivity contribution in [3.63, 3.8) is 0 Å². The summed E-state index contributed by atoms with van der Waals surface area (Å²) in [6, 6.07) is 0.200. The highest BCUT2D eigenvalue weighted by Crippen LogP contribution is 2.32. The molecular formula is C11H12F3N5. The summed E-state index contributed by atoms with van der Waals surface area (Å²) in [7, 11) is 0. The first kappa shape index (κ1) is 12.2. The van der Waals surface area contributed by atoms with Crippen molar-refractivity contribution in [1.82, 2.24) is 19.5 Å². The number of fused-ring (bicyclic) bond motifs is 1. The van der Waals surface area contributed by atoms with Crippen LogP contribution in [-0.2, 0) is 12.7 Å². The molecule has 0 amide bonds. The standard InChI is InChI=1S/C11H12F3N5/c1-2-19-5-15-7-8(16-6-3-4-6)17-10(11(12,13)14)18-9(7)19/h5-6H,2-4H2,1H3,(H,16,17,18). The Morgan fingerprint density at radius 1 is 1.37 bits per heavy atom. The van der Waals surface area contributed by atoms with E-state index in [1.54, 1.807) is 4.57 Å². The molecule has 0 unspecified atom stereocenters. The van der Waals surface area contributed by atoms with E-state index < -0.39 is 12.0 Å². The van der Waals surface area contributed by atoms with Crippen molar-refractivity contribution in [1.29, 1.82) is 0 Å². The summed E-state index contributed by atoms with van der Waals surface area (Å²) in [5, 5.41) is 2.98. The maximum absolute atomic E-state index is 12.8. The lowest BCUT2D eigenvalue weighted by atomic mass is 10.4. The molecular weight excluding hydrogens is 259 g/mol. The van der Waals surface area contributed by atoms with Crippen LogP contribution in [0, 0.1) is 0 Å². The van der Waals surface area contributed by atoms with E-state index in [1.807, 2.05) is 6.92 Å². The number of rotatable bonds is 3. The van der Waals surface area contributed by atoms with Crippen LogP contribution in [0.3, 0.4) is 0 Å². The van der Waals surface area contributed by atoms with E-state index in [0.717, 1.165) is 12.8 Å². The van der Waals surface area contributed by atoms with Crippen molar-refractivity contribution in [2.45, 2.75) is 38.5 Å². The number of alkyl halides is 3. The highest BCUT2D eigenvalue weighted by atomic mass is 19.4. The lowest BCUT2D eigenvalue weighted by molar-refractivity contribution is -0.144. The van der Waals surface area contributed by atoms with Gasteiger partial charge in [-0.3, -0.25) is 0 Å². The lowest BCUT2D eigenvalue weighted by Crippen LogP contribution is -2.15. The Morgan fingerprint density at radius 2 is 2.11 bits per heavy atom. The summed E-state index contributed by atoms with van der Waals surface area (Å²) in [6.07, 6.45) is -1.18. The van der Waals surface area contributed by atoms with E-state index in [9.17, 15) is 13.2 Å². The van der Waals surface area contributed by atoms with Crippen LogP contribution in [0.2, 0.25) is 0 Å². The molecule has 19 heavy (non-hydrogen) atoms. The summed E-state index contributed by atoms with van der Waals surface area (Å²) in [5.74, 6) is -0.953. The number of hydrogen-bond donors (Lipinski definition) is 1. The molecule has 1 saturated carbocycles. The molecule has 0 aliphatic heterocycles. The normalized spacial score (nSPS) is 16.0. The third kappa shape index (κ3) is 2.22. The van der Waals surface area contributed by atoms with Gasteiger partial charge < -0.3 is 9.88 Å². The van der Waals surface area contributed by atoms with Crippen molar-refractivity contribution < 1.29 is 13.2 Å². The van der Waals surface area contributed by atoms with Crippen LogP contribution in [0.15, 0.2) is 6.33 Å². The van der Waals surface area contributed by atoms with E-state index in [0.29, 0.717) is 12.1 Å². The molecule has 1 aliphatic rings. The zero-order valence-electron chi connectivity index (χ0n) is 10.2. The highest BCUT2D eigenvalue weighted by Gasteiger charge is 2.36. The van der Waals surface area contributed by atoms with E-state index in [1.165, 1.54) is 6.33 Å².